The van der Waals surface area contributed by atoms with Crippen molar-refractivity contribution in [2.75, 3.05) is 0 Å². The molecule has 0 N–H and O–H groups in total. The van der Waals surface area contributed by atoms with E-state index < -0.39 is 0 Å². The maximum Gasteiger partial charge on any atom is 0.0403 e. The summed E-state index contributed by atoms with van der Waals surface area (Å²) in [4.78, 5) is 2.94. The lowest BCUT2D eigenvalue weighted by atomic mass is 10.2. The third-order valence-corrected chi connectivity index (χ3v) is 4.61. The van der Waals surface area contributed by atoms with Crippen LogP contribution in [0.1, 0.15) is 24.6 Å². The van der Waals surface area contributed by atoms with Crippen LogP contribution in [-0.4, -0.2) is 5.25 Å². The first-order valence-electron chi connectivity index (χ1n) is 4.31. The van der Waals surface area contributed by atoms with Crippen molar-refractivity contribution in [3.05, 3.63) is 28.5 Å². The van der Waals surface area contributed by atoms with E-state index >= 15 is 0 Å². The zero-order valence-electron chi connectivity index (χ0n) is 7.12. The van der Waals surface area contributed by atoms with Crippen LogP contribution in [0.3, 0.4) is 0 Å². The van der Waals surface area contributed by atoms with Gasteiger partial charge < -0.3 is 0 Å². The number of hydrogen-bond donors (Lipinski definition) is 0. The van der Waals surface area contributed by atoms with Crippen LogP contribution >= 0.6 is 23.1 Å². The lowest BCUT2D eigenvalue weighted by Gasteiger charge is -2.04. The summed E-state index contributed by atoms with van der Waals surface area (Å²) in [5.41, 5.74) is 0. The Morgan fingerprint density at radius 3 is 3.08 bits per heavy atom. The third-order valence-electron chi connectivity index (χ3n) is 2.08. The van der Waals surface area contributed by atoms with Crippen LogP contribution in [0.15, 0.2) is 23.6 Å². The monoisotopic (exact) mass is 196 g/mol. The minimum Gasteiger partial charge on any atom is -0.143 e. The van der Waals surface area contributed by atoms with Gasteiger partial charge in [-0.15, -0.1) is 23.1 Å². The van der Waals surface area contributed by atoms with E-state index in [0.29, 0.717) is 0 Å². The molecule has 12 heavy (non-hydrogen) atoms. The highest BCUT2D eigenvalue weighted by Crippen LogP contribution is 2.41. The maximum atomic E-state index is 2.38. The van der Waals surface area contributed by atoms with Gasteiger partial charge in [0.05, 0.1) is 0 Å². The van der Waals surface area contributed by atoms with Crippen LogP contribution in [0, 0.1) is 0 Å². The van der Waals surface area contributed by atoms with Crippen molar-refractivity contribution in [3.63, 3.8) is 0 Å². The van der Waals surface area contributed by atoms with Crippen molar-refractivity contribution in [2.24, 2.45) is 0 Å². The van der Waals surface area contributed by atoms with Gasteiger partial charge in [-0.1, -0.05) is 19.1 Å². The second-order valence-electron chi connectivity index (χ2n) is 2.93. The summed E-state index contributed by atoms with van der Waals surface area (Å²) in [7, 11) is 0. The van der Waals surface area contributed by atoms with E-state index in [-0.39, 0.29) is 0 Å². The molecule has 0 amide bonds. The van der Waals surface area contributed by atoms with Crippen LogP contribution < -0.4 is 0 Å². The molecule has 0 aliphatic carbocycles. The van der Waals surface area contributed by atoms with E-state index in [4.69, 9.17) is 0 Å². The van der Waals surface area contributed by atoms with Crippen molar-refractivity contribution in [1.29, 1.82) is 0 Å². The zero-order chi connectivity index (χ0) is 8.39. The van der Waals surface area contributed by atoms with Gasteiger partial charge in [-0.3, -0.25) is 0 Å². The summed E-state index contributed by atoms with van der Waals surface area (Å²) >= 11 is 3.88. The predicted octanol–water partition coefficient (Wildman–Crippen LogP) is 4.00. The van der Waals surface area contributed by atoms with Crippen molar-refractivity contribution in [2.45, 2.75) is 25.0 Å². The summed E-state index contributed by atoms with van der Waals surface area (Å²) in [5, 5.41) is 2.98. The first-order valence-corrected chi connectivity index (χ1v) is 6.06. The van der Waals surface area contributed by atoms with Crippen molar-refractivity contribution in [3.8, 4) is 0 Å². The van der Waals surface area contributed by atoms with Crippen molar-refractivity contribution >= 4 is 28.0 Å². The molecule has 0 nitrogen and oxygen atoms in total. The van der Waals surface area contributed by atoms with Gasteiger partial charge in [0.1, 0.15) is 0 Å². The lowest BCUT2D eigenvalue weighted by molar-refractivity contribution is 0.849. The van der Waals surface area contributed by atoms with E-state index in [2.05, 4.69) is 30.5 Å². The predicted molar refractivity (Wildman–Crippen MR) is 58.6 cm³/mol. The smallest absolute Gasteiger partial charge is 0.0403 e. The lowest BCUT2D eigenvalue weighted by Crippen LogP contribution is -1.91. The van der Waals surface area contributed by atoms with Crippen molar-refractivity contribution in [1.82, 2.24) is 0 Å². The van der Waals surface area contributed by atoms with Crippen LogP contribution in [0.4, 0.5) is 0 Å². The molecule has 1 aliphatic heterocycles. The first-order chi connectivity index (χ1) is 5.90. The molecule has 0 spiro atoms. The Balaban J connectivity index is 2.09. The van der Waals surface area contributed by atoms with Gasteiger partial charge in [0.25, 0.3) is 0 Å². The number of thiophene rings is 1. The Hall–Kier alpha value is -0.210. The minimum absolute atomic E-state index is 0.835. The van der Waals surface area contributed by atoms with Gasteiger partial charge in [-0.05, 0) is 24.3 Å². The SMILES string of the molecule is CCC1CC=C(c2cccs2)S1. The average Bonchev–Trinajstić information content (AvgIpc) is 2.75. The Morgan fingerprint density at radius 1 is 1.58 bits per heavy atom. The van der Waals surface area contributed by atoms with E-state index in [1.54, 1.807) is 0 Å². The zero-order valence-corrected chi connectivity index (χ0v) is 8.75. The molecule has 1 atom stereocenters. The molecule has 2 heteroatoms. The molecular formula is C10H12S2. The molecule has 0 fully saturated rings. The molecule has 2 heterocycles. The highest BCUT2D eigenvalue weighted by molar-refractivity contribution is 8.09. The number of hydrogen-bond acceptors (Lipinski definition) is 2. The second-order valence-corrected chi connectivity index (χ2v) is 5.22. The fourth-order valence-electron chi connectivity index (χ4n) is 1.34. The largest absolute Gasteiger partial charge is 0.143 e. The van der Waals surface area contributed by atoms with E-state index in [0.717, 1.165) is 5.25 Å². The Kier molecular flexibility index (Phi) is 2.57. The standard InChI is InChI=1S/C10H12S2/c1-2-8-5-6-10(12-8)9-4-3-7-11-9/h3-4,6-8H,2,5H2,1H3. The molecule has 0 radical (unpaired) electrons. The average molecular weight is 196 g/mol. The van der Waals surface area contributed by atoms with Gasteiger partial charge in [0.15, 0.2) is 0 Å². The highest BCUT2D eigenvalue weighted by Gasteiger charge is 2.17. The Bertz CT molecular complexity index is 272. The summed E-state index contributed by atoms with van der Waals surface area (Å²) in [6.07, 6.45) is 4.93. The van der Waals surface area contributed by atoms with Crippen LogP contribution in [0.2, 0.25) is 0 Å². The van der Waals surface area contributed by atoms with Gasteiger partial charge in [0.2, 0.25) is 0 Å². The molecule has 0 saturated heterocycles. The number of thioether (sulfide) groups is 1. The molecule has 0 saturated carbocycles. The maximum absolute atomic E-state index is 2.38. The fraction of sp³-hybridized carbons (Fsp3) is 0.400. The molecular weight excluding hydrogens is 184 g/mol. The minimum atomic E-state index is 0.835. The normalized spacial score (nSPS) is 22.8. The molecule has 1 aromatic heterocycles. The summed E-state index contributed by atoms with van der Waals surface area (Å²) in [5.74, 6) is 0. The Labute approximate surface area is 81.7 Å². The molecule has 1 aliphatic rings. The topological polar surface area (TPSA) is 0 Å². The Morgan fingerprint density at radius 2 is 2.50 bits per heavy atom. The molecule has 0 bridgehead atoms. The fourth-order valence-corrected chi connectivity index (χ4v) is 3.39. The summed E-state index contributed by atoms with van der Waals surface area (Å²) < 4.78 is 0. The van der Waals surface area contributed by atoms with E-state index in [9.17, 15) is 0 Å². The van der Waals surface area contributed by atoms with Gasteiger partial charge in [0, 0.05) is 15.0 Å². The quantitative estimate of drug-likeness (QED) is 0.689. The summed E-state index contributed by atoms with van der Waals surface area (Å²) in [6, 6.07) is 4.34. The molecule has 1 unspecified atom stereocenters. The van der Waals surface area contributed by atoms with Gasteiger partial charge in [-0.25, -0.2) is 0 Å². The van der Waals surface area contributed by atoms with Crippen LogP contribution in [0.5, 0.6) is 0 Å². The highest BCUT2D eigenvalue weighted by atomic mass is 32.2. The first kappa shape index (κ1) is 8.39. The van der Waals surface area contributed by atoms with Crippen LogP contribution in [0.25, 0.3) is 4.91 Å². The molecule has 64 valence electrons. The van der Waals surface area contributed by atoms with E-state index in [1.165, 1.54) is 22.6 Å². The molecule has 2 rings (SSSR count). The van der Waals surface area contributed by atoms with Gasteiger partial charge >= 0.3 is 0 Å². The molecule has 0 aromatic carbocycles. The third kappa shape index (κ3) is 1.59. The second kappa shape index (κ2) is 3.67. The van der Waals surface area contributed by atoms with Crippen LogP contribution in [-0.2, 0) is 0 Å². The number of allylic oxidation sites excluding steroid dienone is 1. The van der Waals surface area contributed by atoms with Gasteiger partial charge in [-0.2, -0.15) is 0 Å². The van der Waals surface area contributed by atoms with Crippen molar-refractivity contribution < 1.29 is 0 Å². The number of rotatable bonds is 2. The summed E-state index contributed by atoms with van der Waals surface area (Å²) in [6.45, 7) is 2.27. The van der Waals surface area contributed by atoms with E-state index in [1.807, 2.05) is 23.1 Å². The molecule has 1 aromatic rings.